The van der Waals surface area contributed by atoms with E-state index >= 15 is 0 Å². The molecule has 2 rings (SSSR count). The lowest BCUT2D eigenvalue weighted by molar-refractivity contribution is -0.137. The summed E-state index contributed by atoms with van der Waals surface area (Å²) in [4.78, 5) is 15.5. The van der Waals surface area contributed by atoms with Crippen LogP contribution in [-0.4, -0.2) is 24.2 Å². The molecule has 0 aliphatic rings. The number of hydrogen-bond donors (Lipinski definition) is 0. The molecule has 0 spiro atoms. The van der Waals surface area contributed by atoms with Crippen LogP contribution in [0.3, 0.4) is 0 Å². The monoisotopic (exact) mass is 303 g/mol. The first-order valence-corrected chi connectivity index (χ1v) is 7.55. The smallest absolute Gasteiger partial charge is 0.330 e. The Morgan fingerprint density at radius 3 is 2.71 bits per heavy atom. The van der Waals surface area contributed by atoms with Crippen LogP contribution in [0.25, 0.3) is 10.6 Å². The fourth-order valence-electron chi connectivity index (χ4n) is 1.66. The van der Waals surface area contributed by atoms with Crippen molar-refractivity contribution in [1.82, 2.24) is 4.98 Å². The number of carbonyl (C=O) groups excluding carboxylic acids is 1. The quantitative estimate of drug-likeness (QED) is 0.604. The molecule has 0 aliphatic carbocycles. The van der Waals surface area contributed by atoms with E-state index in [9.17, 15) is 4.79 Å². The Kier molecular flexibility index (Phi) is 5.51. The maximum Gasteiger partial charge on any atom is 0.330 e. The van der Waals surface area contributed by atoms with E-state index in [2.05, 4.69) is 4.98 Å². The summed E-state index contributed by atoms with van der Waals surface area (Å²) in [5.74, 6) is 0.399. The minimum Gasteiger partial charge on any atom is -0.490 e. The van der Waals surface area contributed by atoms with Crippen molar-refractivity contribution in [2.75, 3.05) is 13.2 Å². The molecular formula is C16H17NO3S. The fourth-order valence-corrected chi connectivity index (χ4v) is 2.46. The normalized spacial score (nSPS) is 10.8. The topological polar surface area (TPSA) is 48.4 Å². The third-order valence-corrected chi connectivity index (χ3v) is 3.62. The number of thiazole rings is 1. The summed E-state index contributed by atoms with van der Waals surface area (Å²) in [5.41, 5.74) is 2.10. The summed E-state index contributed by atoms with van der Waals surface area (Å²) in [5, 5.41) is 3.03. The van der Waals surface area contributed by atoms with E-state index in [1.165, 1.54) is 6.08 Å². The number of aryl methyl sites for hydroxylation is 1. The van der Waals surface area contributed by atoms with Crippen LogP contribution in [0.15, 0.2) is 41.8 Å². The van der Waals surface area contributed by atoms with Crippen molar-refractivity contribution in [2.45, 2.75) is 13.8 Å². The molecular weight excluding hydrogens is 286 g/mol. The molecule has 0 fully saturated rings. The van der Waals surface area contributed by atoms with Crippen molar-refractivity contribution in [3.63, 3.8) is 0 Å². The lowest BCUT2D eigenvalue weighted by Gasteiger charge is -2.03. The van der Waals surface area contributed by atoms with Gasteiger partial charge in [0.2, 0.25) is 0 Å². The Morgan fingerprint density at radius 2 is 2.10 bits per heavy atom. The molecule has 0 saturated heterocycles. The largest absolute Gasteiger partial charge is 0.490 e. The average molecular weight is 303 g/mol. The number of ether oxygens (including phenoxy) is 2. The molecule has 0 N–H and O–H groups in total. The van der Waals surface area contributed by atoms with Gasteiger partial charge in [-0.25, -0.2) is 9.78 Å². The van der Waals surface area contributed by atoms with Gasteiger partial charge < -0.3 is 9.47 Å². The lowest BCUT2D eigenvalue weighted by Crippen LogP contribution is -2.00. The fraction of sp³-hybridized carbons (Fsp3) is 0.250. The van der Waals surface area contributed by atoms with Gasteiger partial charge in [-0.2, -0.15) is 0 Å². The van der Waals surface area contributed by atoms with Gasteiger partial charge in [0.25, 0.3) is 0 Å². The molecule has 0 bridgehead atoms. The minimum atomic E-state index is -0.351. The molecule has 1 aromatic carbocycles. The van der Waals surface area contributed by atoms with Gasteiger partial charge in [0.05, 0.1) is 6.61 Å². The van der Waals surface area contributed by atoms with Crippen LogP contribution >= 0.6 is 11.3 Å². The highest BCUT2D eigenvalue weighted by atomic mass is 32.1. The number of aromatic nitrogens is 1. The molecule has 0 amide bonds. The summed E-state index contributed by atoms with van der Waals surface area (Å²) in [6.45, 7) is 4.46. The van der Waals surface area contributed by atoms with Crippen LogP contribution in [0.2, 0.25) is 0 Å². The third kappa shape index (κ3) is 4.72. The van der Waals surface area contributed by atoms with Gasteiger partial charge in [0.15, 0.2) is 0 Å². The molecule has 1 heterocycles. The van der Waals surface area contributed by atoms with Gasteiger partial charge >= 0.3 is 5.97 Å². The van der Waals surface area contributed by atoms with Crippen molar-refractivity contribution in [2.24, 2.45) is 0 Å². The second-order valence-electron chi connectivity index (χ2n) is 4.28. The molecule has 0 aliphatic heterocycles. The zero-order chi connectivity index (χ0) is 15.1. The summed E-state index contributed by atoms with van der Waals surface area (Å²) in [7, 11) is 0. The van der Waals surface area contributed by atoms with Crippen molar-refractivity contribution < 1.29 is 14.3 Å². The molecule has 110 valence electrons. The Balaban J connectivity index is 1.87. The third-order valence-electron chi connectivity index (χ3n) is 2.61. The zero-order valence-corrected chi connectivity index (χ0v) is 12.9. The number of esters is 1. The number of carbonyl (C=O) groups is 1. The standard InChI is InChI=1S/C16H17NO3S/c1-3-19-15(18)5-4-10-20-14-8-6-13(7-9-14)16-17-12(2)11-21-16/h4-9,11H,3,10H2,1-2H3/b5-4+. The van der Waals surface area contributed by atoms with Gasteiger partial charge in [0, 0.05) is 22.7 Å². The molecule has 0 saturated carbocycles. The minimum absolute atomic E-state index is 0.328. The van der Waals surface area contributed by atoms with Crippen molar-refractivity contribution in [3.05, 3.63) is 47.5 Å². The number of nitrogens with zero attached hydrogens (tertiary/aromatic N) is 1. The highest BCUT2D eigenvalue weighted by Crippen LogP contribution is 2.25. The molecule has 21 heavy (non-hydrogen) atoms. The van der Waals surface area contributed by atoms with E-state index in [0.29, 0.717) is 13.2 Å². The summed E-state index contributed by atoms with van der Waals surface area (Å²) >= 11 is 1.62. The zero-order valence-electron chi connectivity index (χ0n) is 12.0. The first kappa shape index (κ1) is 15.3. The molecule has 4 nitrogen and oxygen atoms in total. The van der Waals surface area contributed by atoms with Crippen LogP contribution < -0.4 is 4.74 Å². The molecule has 2 aromatic rings. The first-order chi connectivity index (χ1) is 10.2. The molecule has 1 aromatic heterocycles. The Bertz CT molecular complexity index is 617. The average Bonchev–Trinajstić information content (AvgIpc) is 2.91. The number of hydrogen-bond acceptors (Lipinski definition) is 5. The predicted molar refractivity (Wildman–Crippen MR) is 83.6 cm³/mol. The molecule has 0 radical (unpaired) electrons. The number of benzene rings is 1. The summed E-state index contributed by atoms with van der Waals surface area (Å²) < 4.78 is 10.3. The van der Waals surface area contributed by atoms with Crippen molar-refractivity contribution in [3.8, 4) is 16.3 Å². The van der Waals surface area contributed by atoms with Gasteiger partial charge in [-0.1, -0.05) is 0 Å². The maximum absolute atomic E-state index is 11.1. The van der Waals surface area contributed by atoms with E-state index in [1.54, 1.807) is 24.3 Å². The summed E-state index contributed by atoms with van der Waals surface area (Å²) in [6, 6.07) is 7.74. The molecule has 0 atom stereocenters. The highest BCUT2D eigenvalue weighted by Gasteiger charge is 2.02. The predicted octanol–water partition coefficient (Wildman–Crippen LogP) is 3.62. The van der Waals surface area contributed by atoms with Crippen molar-refractivity contribution in [1.29, 1.82) is 0 Å². The summed E-state index contributed by atoms with van der Waals surface area (Å²) in [6.07, 6.45) is 3.01. The highest BCUT2D eigenvalue weighted by molar-refractivity contribution is 7.13. The molecule has 0 unspecified atom stereocenters. The first-order valence-electron chi connectivity index (χ1n) is 6.67. The van der Waals surface area contributed by atoms with E-state index < -0.39 is 0 Å². The van der Waals surface area contributed by atoms with Crippen LogP contribution in [-0.2, 0) is 9.53 Å². The van der Waals surface area contributed by atoms with E-state index in [0.717, 1.165) is 22.0 Å². The van der Waals surface area contributed by atoms with Gasteiger partial charge in [-0.15, -0.1) is 11.3 Å². The van der Waals surface area contributed by atoms with E-state index in [4.69, 9.17) is 9.47 Å². The second kappa shape index (κ2) is 7.59. The number of rotatable bonds is 6. The van der Waals surface area contributed by atoms with Gasteiger partial charge in [-0.3, -0.25) is 0 Å². The van der Waals surface area contributed by atoms with Crippen LogP contribution in [0.1, 0.15) is 12.6 Å². The lowest BCUT2D eigenvalue weighted by atomic mass is 10.2. The molecule has 5 heteroatoms. The van der Waals surface area contributed by atoms with Crippen LogP contribution in [0.4, 0.5) is 0 Å². The van der Waals surface area contributed by atoms with Gasteiger partial charge in [-0.05, 0) is 44.2 Å². The van der Waals surface area contributed by atoms with E-state index in [-0.39, 0.29) is 5.97 Å². The van der Waals surface area contributed by atoms with Gasteiger partial charge in [0.1, 0.15) is 17.4 Å². The Morgan fingerprint density at radius 1 is 1.33 bits per heavy atom. The van der Waals surface area contributed by atoms with Crippen LogP contribution in [0.5, 0.6) is 5.75 Å². The van der Waals surface area contributed by atoms with Crippen molar-refractivity contribution >= 4 is 17.3 Å². The van der Waals surface area contributed by atoms with E-state index in [1.807, 2.05) is 36.6 Å². The van der Waals surface area contributed by atoms with Crippen LogP contribution in [0, 0.1) is 6.92 Å². The Labute approximate surface area is 128 Å². The Hall–Kier alpha value is -2.14. The maximum atomic E-state index is 11.1. The second-order valence-corrected chi connectivity index (χ2v) is 5.14. The SMILES string of the molecule is CCOC(=O)/C=C/COc1ccc(-c2nc(C)cs2)cc1.